The normalized spacial score (nSPS) is 20.2. The maximum atomic E-state index is 2.53. The lowest BCUT2D eigenvalue weighted by Crippen LogP contribution is -2.32. The van der Waals surface area contributed by atoms with Gasteiger partial charge >= 0.3 is 0 Å². The van der Waals surface area contributed by atoms with Gasteiger partial charge in [-0.2, -0.15) is 0 Å². The molecule has 0 rings (SSSR count). The van der Waals surface area contributed by atoms with Crippen molar-refractivity contribution in [1.82, 2.24) is 0 Å². The van der Waals surface area contributed by atoms with Crippen LogP contribution in [0.2, 0.25) is 0 Å². The van der Waals surface area contributed by atoms with E-state index >= 15 is 0 Å². The Kier molecular flexibility index (Phi) is 9.11. The fraction of sp³-hybridized carbons (Fsp3) is 1.00. The maximum absolute atomic E-state index is 2.53. The van der Waals surface area contributed by atoms with Gasteiger partial charge in [0.2, 0.25) is 0 Å². The quantitative estimate of drug-likeness (QED) is 0.398. The molecule has 0 fully saturated rings. The minimum Gasteiger partial charge on any atom is -0.0654 e. The lowest BCUT2D eigenvalue weighted by Gasteiger charge is -2.40. The number of hydrogen-bond acceptors (Lipinski definition) is 0. The Morgan fingerprint density at radius 2 is 1.35 bits per heavy atom. The van der Waals surface area contributed by atoms with Gasteiger partial charge in [0.25, 0.3) is 0 Å². The summed E-state index contributed by atoms with van der Waals surface area (Å²) in [4.78, 5) is 0. The van der Waals surface area contributed by atoms with Gasteiger partial charge in [-0.25, -0.2) is 0 Å². The Morgan fingerprint density at radius 3 is 1.75 bits per heavy atom. The third kappa shape index (κ3) is 6.19. The van der Waals surface area contributed by atoms with Crippen molar-refractivity contribution in [1.29, 1.82) is 0 Å². The van der Waals surface area contributed by atoms with E-state index in [4.69, 9.17) is 0 Å². The van der Waals surface area contributed by atoms with E-state index in [0.717, 1.165) is 29.6 Å². The molecule has 0 amide bonds. The first-order valence-corrected chi connectivity index (χ1v) is 9.20. The molecule has 5 unspecified atom stereocenters. The van der Waals surface area contributed by atoms with Gasteiger partial charge in [0.15, 0.2) is 0 Å². The zero-order valence-corrected chi connectivity index (χ0v) is 15.9. The van der Waals surface area contributed by atoms with Crippen molar-refractivity contribution in [2.45, 2.75) is 94.4 Å². The van der Waals surface area contributed by atoms with Crippen LogP contribution in [-0.2, 0) is 0 Å². The molecule has 0 bridgehead atoms. The van der Waals surface area contributed by atoms with Gasteiger partial charge < -0.3 is 0 Å². The van der Waals surface area contributed by atoms with Gasteiger partial charge in [-0.1, -0.05) is 88.0 Å². The van der Waals surface area contributed by atoms with E-state index in [9.17, 15) is 0 Å². The number of hydrogen-bond donors (Lipinski definition) is 0. The molecule has 0 aromatic carbocycles. The van der Waals surface area contributed by atoms with Crippen LogP contribution in [0.4, 0.5) is 0 Å². The highest BCUT2D eigenvalue weighted by Crippen LogP contribution is 2.41. The van der Waals surface area contributed by atoms with Crippen molar-refractivity contribution in [3.05, 3.63) is 0 Å². The summed E-state index contributed by atoms with van der Waals surface area (Å²) in [7, 11) is 0. The maximum Gasteiger partial charge on any atom is -0.0334 e. The number of rotatable bonds is 10. The second-order valence-corrected chi connectivity index (χ2v) is 8.29. The first-order chi connectivity index (χ1) is 9.20. The zero-order valence-electron chi connectivity index (χ0n) is 15.9. The van der Waals surface area contributed by atoms with Crippen LogP contribution in [-0.4, -0.2) is 0 Å². The van der Waals surface area contributed by atoms with Gasteiger partial charge in [-0.3, -0.25) is 0 Å². The van der Waals surface area contributed by atoms with E-state index in [2.05, 4.69) is 62.3 Å². The predicted octanol–water partition coefficient (Wildman–Crippen LogP) is 7.18. The Labute approximate surface area is 130 Å². The van der Waals surface area contributed by atoms with Crippen molar-refractivity contribution in [2.75, 3.05) is 0 Å². The second kappa shape index (κ2) is 9.11. The Hall–Kier alpha value is 0. The fourth-order valence-electron chi connectivity index (χ4n) is 4.10. The van der Waals surface area contributed by atoms with E-state index < -0.39 is 0 Å². The molecule has 5 atom stereocenters. The van der Waals surface area contributed by atoms with Crippen molar-refractivity contribution in [2.24, 2.45) is 35.0 Å². The molecule has 0 N–H and O–H groups in total. The van der Waals surface area contributed by atoms with Gasteiger partial charge in [0.1, 0.15) is 0 Å². The summed E-state index contributed by atoms with van der Waals surface area (Å²) in [6.45, 7) is 21.9. The molecule has 0 heterocycles. The highest BCUT2D eigenvalue weighted by molar-refractivity contribution is 4.82. The van der Waals surface area contributed by atoms with E-state index in [-0.39, 0.29) is 0 Å². The molecule has 122 valence electrons. The van der Waals surface area contributed by atoms with Gasteiger partial charge in [0, 0.05) is 0 Å². The summed E-state index contributed by atoms with van der Waals surface area (Å²) < 4.78 is 0. The van der Waals surface area contributed by atoms with E-state index in [1.54, 1.807) is 0 Å². The van der Waals surface area contributed by atoms with Crippen molar-refractivity contribution >= 4 is 0 Å². The molecule has 0 aromatic heterocycles. The van der Waals surface area contributed by atoms with Crippen molar-refractivity contribution in [3.63, 3.8) is 0 Å². The predicted molar refractivity (Wildman–Crippen MR) is 94.0 cm³/mol. The smallest absolute Gasteiger partial charge is 0.0334 e. The largest absolute Gasteiger partial charge is 0.0654 e. The Bertz CT molecular complexity index is 240. The first-order valence-electron chi connectivity index (χ1n) is 9.20. The highest BCUT2D eigenvalue weighted by Gasteiger charge is 2.32. The summed E-state index contributed by atoms with van der Waals surface area (Å²) in [5.41, 5.74) is 0.502. The van der Waals surface area contributed by atoms with E-state index in [1.165, 1.54) is 32.1 Å². The van der Waals surface area contributed by atoms with Crippen LogP contribution in [0.1, 0.15) is 94.4 Å². The minimum atomic E-state index is 0.502. The molecule has 0 spiro atoms. The van der Waals surface area contributed by atoms with Crippen LogP contribution in [0.25, 0.3) is 0 Å². The lowest BCUT2D eigenvalue weighted by molar-refractivity contribution is 0.0983. The van der Waals surface area contributed by atoms with Crippen molar-refractivity contribution in [3.8, 4) is 0 Å². The Morgan fingerprint density at radius 1 is 0.800 bits per heavy atom. The zero-order chi connectivity index (χ0) is 15.9. The fourth-order valence-corrected chi connectivity index (χ4v) is 4.10. The summed E-state index contributed by atoms with van der Waals surface area (Å²) in [6, 6.07) is 0. The molecule has 0 radical (unpaired) electrons. The van der Waals surface area contributed by atoms with Crippen LogP contribution >= 0.6 is 0 Å². The van der Waals surface area contributed by atoms with Gasteiger partial charge in [-0.15, -0.1) is 0 Å². The molecule has 0 aliphatic carbocycles. The van der Waals surface area contributed by atoms with Crippen LogP contribution in [0.15, 0.2) is 0 Å². The molecule has 0 aliphatic rings. The molecule has 0 saturated heterocycles. The summed E-state index contributed by atoms with van der Waals surface area (Å²) in [5, 5.41) is 0. The summed E-state index contributed by atoms with van der Waals surface area (Å²) >= 11 is 0. The third-order valence-corrected chi connectivity index (χ3v) is 6.04. The summed E-state index contributed by atoms with van der Waals surface area (Å²) in [5.74, 6) is 4.30. The monoisotopic (exact) mass is 282 g/mol. The van der Waals surface area contributed by atoms with Crippen molar-refractivity contribution < 1.29 is 0 Å². The Balaban J connectivity index is 4.89. The topological polar surface area (TPSA) is 0 Å². The average Bonchev–Trinajstić information content (AvgIpc) is 2.38. The van der Waals surface area contributed by atoms with Crippen LogP contribution in [0, 0.1) is 35.0 Å². The summed E-state index contributed by atoms with van der Waals surface area (Å²) in [6.07, 6.45) is 6.71. The SMILES string of the molecule is CCCC(C)C(C(C)CC)C(C)C(C)CC(C)(C)CC. The van der Waals surface area contributed by atoms with E-state index in [1.807, 2.05) is 0 Å². The van der Waals surface area contributed by atoms with Crippen LogP contribution in [0.5, 0.6) is 0 Å². The molecule has 0 aromatic rings. The van der Waals surface area contributed by atoms with Crippen LogP contribution in [0.3, 0.4) is 0 Å². The van der Waals surface area contributed by atoms with Gasteiger partial charge in [-0.05, 0) is 41.4 Å². The van der Waals surface area contributed by atoms with Crippen LogP contribution < -0.4 is 0 Å². The van der Waals surface area contributed by atoms with E-state index in [0.29, 0.717) is 5.41 Å². The third-order valence-electron chi connectivity index (χ3n) is 6.04. The minimum absolute atomic E-state index is 0.502. The highest BCUT2D eigenvalue weighted by atomic mass is 14.4. The molecule has 0 nitrogen and oxygen atoms in total. The molecule has 0 heteroatoms. The molecule has 20 heavy (non-hydrogen) atoms. The first kappa shape index (κ1) is 20.0. The standard InChI is InChI=1S/C20H42/c1-10-13-16(5)19(15(4)11-2)18(7)17(6)14-20(8,9)12-3/h15-19H,10-14H2,1-9H3. The molecular formula is C20H42. The molecule has 0 aliphatic heterocycles. The second-order valence-electron chi connectivity index (χ2n) is 8.29. The molecular weight excluding hydrogens is 240 g/mol. The van der Waals surface area contributed by atoms with Gasteiger partial charge in [0.05, 0.1) is 0 Å². The molecule has 0 saturated carbocycles. The lowest BCUT2D eigenvalue weighted by atomic mass is 9.66. The average molecular weight is 283 g/mol.